The van der Waals surface area contributed by atoms with Crippen molar-refractivity contribution in [3.05, 3.63) is 11.8 Å². The summed E-state index contributed by atoms with van der Waals surface area (Å²) in [4.78, 5) is 19.3. The molecule has 0 aliphatic rings. The van der Waals surface area contributed by atoms with Crippen LogP contribution in [0.15, 0.2) is 6.07 Å². The van der Waals surface area contributed by atoms with E-state index in [1.165, 1.54) is 7.11 Å². The highest BCUT2D eigenvalue weighted by atomic mass is 16.5. The molecule has 0 saturated carbocycles. The van der Waals surface area contributed by atoms with Crippen molar-refractivity contribution in [2.24, 2.45) is 0 Å². The van der Waals surface area contributed by atoms with E-state index in [4.69, 9.17) is 4.74 Å². The predicted octanol–water partition coefficient (Wildman–Crippen LogP) is -0.0485. The number of ether oxygens (including phenoxy) is 1. The molecule has 0 aromatic carbocycles. The maximum Gasteiger partial charge on any atom is 0.240 e. The van der Waals surface area contributed by atoms with Crippen LogP contribution in [-0.4, -0.2) is 36.6 Å². The van der Waals surface area contributed by atoms with E-state index >= 15 is 0 Å². The molecule has 1 aromatic rings. The number of hydrogen-bond acceptors (Lipinski definition) is 5. The van der Waals surface area contributed by atoms with E-state index in [9.17, 15) is 4.79 Å². The Balaban J connectivity index is 2.76. The molecule has 0 saturated heterocycles. The number of nitrogens with zero attached hydrogens (tertiary/aromatic N) is 2. The Morgan fingerprint density at radius 3 is 2.87 bits per heavy atom. The normalized spacial score (nSPS) is 9.80. The predicted molar refractivity (Wildman–Crippen MR) is 55.9 cm³/mol. The highest BCUT2D eigenvalue weighted by molar-refractivity contribution is 5.90. The molecular formula is C9H14N4O2. The summed E-state index contributed by atoms with van der Waals surface area (Å²) in [5.74, 6) is 0.500. The fraction of sp³-hybridized carbons (Fsp3) is 0.444. The minimum absolute atomic E-state index is 0.190. The molecule has 1 amide bonds. The van der Waals surface area contributed by atoms with Gasteiger partial charge < -0.3 is 10.1 Å². The second-order valence-electron chi connectivity index (χ2n) is 2.95. The van der Waals surface area contributed by atoms with Gasteiger partial charge in [0.2, 0.25) is 17.7 Å². The van der Waals surface area contributed by atoms with Gasteiger partial charge in [0.1, 0.15) is 0 Å². The fourth-order valence-corrected chi connectivity index (χ4v) is 1.03. The number of aromatic nitrogens is 2. The van der Waals surface area contributed by atoms with E-state index < -0.39 is 0 Å². The Morgan fingerprint density at radius 2 is 2.27 bits per heavy atom. The molecular weight excluding hydrogens is 196 g/mol. The lowest BCUT2D eigenvalue weighted by Gasteiger charge is -2.05. The van der Waals surface area contributed by atoms with E-state index in [0.717, 1.165) is 5.69 Å². The third kappa shape index (κ3) is 3.51. The zero-order valence-electron chi connectivity index (χ0n) is 9.00. The van der Waals surface area contributed by atoms with Crippen LogP contribution < -0.4 is 15.4 Å². The topological polar surface area (TPSA) is 76.1 Å². The van der Waals surface area contributed by atoms with Crippen molar-refractivity contribution in [1.82, 2.24) is 15.3 Å². The first kappa shape index (κ1) is 11.4. The summed E-state index contributed by atoms with van der Waals surface area (Å²) in [6.07, 6.45) is 0. The number of methoxy groups -OCH3 is 1. The van der Waals surface area contributed by atoms with Crippen LogP contribution in [0.25, 0.3) is 0 Å². The Bertz CT molecular complexity index is 354. The quantitative estimate of drug-likeness (QED) is 0.728. The van der Waals surface area contributed by atoms with Crippen molar-refractivity contribution in [2.45, 2.75) is 6.92 Å². The molecule has 0 spiro atoms. The Kier molecular flexibility index (Phi) is 3.99. The van der Waals surface area contributed by atoms with Gasteiger partial charge in [-0.25, -0.2) is 4.98 Å². The Hall–Kier alpha value is -1.69. The van der Waals surface area contributed by atoms with Crippen molar-refractivity contribution in [2.75, 3.05) is 26.0 Å². The van der Waals surface area contributed by atoms with Gasteiger partial charge in [0.25, 0.3) is 0 Å². The number of amides is 1. The number of likely N-dealkylation sites (N-methyl/N-ethyl adjacent to an activating group) is 1. The smallest absolute Gasteiger partial charge is 0.240 e. The van der Waals surface area contributed by atoms with Crippen molar-refractivity contribution < 1.29 is 9.53 Å². The van der Waals surface area contributed by atoms with Crippen LogP contribution in [0.3, 0.4) is 0 Å². The lowest BCUT2D eigenvalue weighted by atomic mass is 10.4. The second-order valence-corrected chi connectivity index (χ2v) is 2.95. The summed E-state index contributed by atoms with van der Waals surface area (Å²) >= 11 is 0. The fourth-order valence-electron chi connectivity index (χ4n) is 1.03. The summed E-state index contributed by atoms with van der Waals surface area (Å²) < 4.78 is 4.96. The summed E-state index contributed by atoms with van der Waals surface area (Å²) in [7, 11) is 3.21. The lowest BCUT2D eigenvalue weighted by Crippen LogP contribution is -2.26. The van der Waals surface area contributed by atoms with Gasteiger partial charge >= 0.3 is 0 Å². The van der Waals surface area contributed by atoms with Gasteiger partial charge in [-0.2, -0.15) is 4.98 Å². The van der Waals surface area contributed by atoms with Crippen LogP contribution in [-0.2, 0) is 4.79 Å². The average molecular weight is 210 g/mol. The number of rotatable bonds is 4. The van der Waals surface area contributed by atoms with E-state index in [1.54, 1.807) is 20.0 Å². The van der Waals surface area contributed by atoms with Gasteiger partial charge in [0.15, 0.2) is 0 Å². The third-order valence-electron chi connectivity index (χ3n) is 1.63. The van der Waals surface area contributed by atoms with Crippen molar-refractivity contribution >= 4 is 11.9 Å². The van der Waals surface area contributed by atoms with E-state index in [0.29, 0.717) is 5.88 Å². The molecule has 1 rings (SSSR count). The highest BCUT2D eigenvalue weighted by Gasteiger charge is 2.05. The molecule has 0 bridgehead atoms. The molecule has 6 nitrogen and oxygen atoms in total. The summed E-state index contributed by atoms with van der Waals surface area (Å²) in [5.41, 5.74) is 0.738. The molecule has 0 unspecified atom stereocenters. The molecule has 82 valence electrons. The molecule has 15 heavy (non-hydrogen) atoms. The Morgan fingerprint density at radius 1 is 1.53 bits per heavy atom. The lowest BCUT2D eigenvalue weighted by molar-refractivity contribution is -0.115. The van der Waals surface area contributed by atoms with Crippen LogP contribution in [0.2, 0.25) is 0 Å². The molecule has 0 aliphatic heterocycles. The zero-order valence-corrected chi connectivity index (χ0v) is 9.00. The first-order valence-corrected chi connectivity index (χ1v) is 4.50. The molecule has 0 atom stereocenters. The number of aryl methyl sites for hydroxylation is 1. The van der Waals surface area contributed by atoms with Crippen LogP contribution >= 0.6 is 0 Å². The molecule has 6 heteroatoms. The summed E-state index contributed by atoms with van der Waals surface area (Å²) in [5, 5.41) is 5.29. The van der Waals surface area contributed by atoms with Crippen LogP contribution in [0.1, 0.15) is 5.69 Å². The van der Waals surface area contributed by atoms with Crippen molar-refractivity contribution in [3.63, 3.8) is 0 Å². The van der Waals surface area contributed by atoms with Crippen molar-refractivity contribution in [3.8, 4) is 5.88 Å². The van der Waals surface area contributed by atoms with Gasteiger partial charge in [-0.15, -0.1) is 0 Å². The van der Waals surface area contributed by atoms with Crippen LogP contribution in [0.4, 0.5) is 5.95 Å². The third-order valence-corrected chi connectivity index (χ3v) is 1.63. The minimum Gasteiger partial charge on any atom is -0.481 e. The molecule has 0 fully saturated rings. The summed E-state index contributed by atoms with van der Waals surface area (Å²) in [6, 6.07) is 1.69. The molecule has 1 heterocycles. The largest absolute Gasteiger partial charge is 0.481 e. The number of anilines is 1. The van der Waals surface area contributed by atoms with E-state index in [1.807, 2.05) is 0 Å². The SMILES string of the molecule is CNCC(=O)Nc1nc(C)cc(OC)n1. The molecule has 0 radical (unpaired) electrons. The number of hydrogen-bond donors (Lipinski definition) is 2. The maximum atomic E-state index is 11.2. The first-order valence-electron chi connectivity index (χ1n) is 4.50. The van der Waals surface area contributed by atoms with Gasteiger partial charge in [0.05, 0.1) is 13.7 Å². The molecule has 1 aromatic heterocycles. The zero-order chi connectivity index (χ0) is 11.3. The molecule has 2 N–H and O–H groups in total. The highest BCUT2D eigenvalue weighted by Crippen LogP contribution is 2.10. The summed E-state index contributed by atoms with van der Waals surface area (Å²) in [6.45, 7) is 2.03. The van der Waals surface area contributed by atoms with Gasteiger partial charge in [-0.3, -0.25) is 10.1 Å². The van der Waals surface area contributed by atoms with E-state index in [2.05, 4.69) is 20.6 Å². The number of carbonyl (C=O) groups excluding carboxylic acids is 1. The van der Waals surface area contributed by atoms with Gasteiger partial charge in [-0.05, 0) is 14.0 Å². The Labute approximate surface area is 88.1 Å². The monoisotopic (exact) mass is 210 g/mol. The minimum atomic E-state index is -0.190. The standard InChI is InChI=1S/C9H14N4O2/c1-6-4-8(15-3)13-9(11-6)12-7(14)5-10-2/h4,10H,5H2,1-3H3,(H,11,12,13,14). The van der Waals surface area contributed by atoms with Crippen LogP contribution in [0.5, 0.6) is 5.88 Å². The second kappa shape index (κ2) is 5.26. The first-order chi connectivity index (χ1) is 7.15. The molecule has 0 aliphatic carbocycles. The van der Waals surface area contributed by atoms with Crippen molar-refractivity contribution in [1.29, 1.82) is 0 Å². The van der Waals surface area contributed by atoms with E-state index in [-0.39, 0.29) is 18.4 Å². The van der Waals surface area contributed by atoms with Gasteiger partial charge in [-0.1, -0.05) is 0 Å². The van der Waals surface area contributed by atoms with Gasteiger partial charge in [0, 0.05) is 11.8 Å². The maximum absolute atomic E-state index is 11.2. The average Bonchev–Trinajstić information content (AvgIpc) is 2.17. The number of carbonyl (C=O) groups is 1. The van der Waals surface area contributed by atoms with Crippen LogP contribution in [0, 0.1) is 6.92 Å². The number of nitrogens with one attached hydrogen (secondary N) is 2.